The summed E-state index contributed by atoms with van der Waals surface area (Å²) in [5.74, 6) is -1.05. The van der Waals surface area contributed by atoms with Crippen LogP contribution in [0.25, 0.3) is 0 Å². The predicted molar refractivity (Wildman–Crippen MR) is 41.3 cm³/mol. The van der Waals surface area contributed by atoms with E-state index in [1.165, 1.54) is 0 Å². The summed E-state index contributed by atoms with van der Waals surface area (Å²) < 4.78 is 12.6. The largest absolute Gasteiger partial charge is 0.481 e. The summed E-state index contributed by atoms with van der Waals surface area (Å²) in [6.45, 7) is 2.03. The molecule has 0 radical (unpaired) electrons. The van der Waals surface area contributed by atoms with Gasteiger partial charge in [-0.3, -0.25) is 4.79 Å². The Morgan fingerprint density at radius 3 is 2.64 bits per heavy atom. The number of carboxylic acids is 1. The Morgan fingerprint density at radius 2 is 2.18 bits per heavy atom. The van der Waals surface area contributed by atoms with Crippen molar-refractivity contribution in [2.24, 2.45) is 0 Å². The molecule has 1 N–H and O–H groups in total. The van der Waals surface area contributed by atoms with Crippen LogP contribution in [-0.2, 0) is 4.79 Å². The summed E-state index contributed by atoms with van der Waals surface area (Å²) in [7, 11) is 0. The molecule has 3 heteroatoms. The van der Waals surface area contributed by atoms with Gasteiger partial charge in [-0.15, -0.1) is 0 Å². The fraction of sp³-hybridized carbons (Fsp3) is 0.875. The molecule has 0 bridgehead atoms. The molecule has 0 aliphatic carbocycles. The monoisotopic (exact) mass is 161 g/mol. The number of hydrogen-bond donors (Lipinski definition) is 1. The van der Waals surface area contributed by atoms with E-state index >= 15 is 0 Å². The second-order valence-electron chi connectivity index (χ2n) is 2.69. The first kappa shape index (κ1) is 10.4. The lowest BCUT2D eigenvalue weighted by molar-refractivity contribution is -0.138. The van der Waals surface area contributed by atoms with Gasteiger partial charge in [-0.2, -0.15) is 0 Å². The fourth-order valence-electron chi connectivity index (χ4n) is 0.907. The van der Waals surface area contributed by atoms with Crippen LogP contribution in [-0.4, -0.2) is 17.2 Å². The van der Waals surface area contributed by atoms with Crippen molar-refractivity contribution in [3.8, 4) is 0 Å². The highest BCUT2D eigenvalue weighted by molar-refractivity contribution is 5.67. The second kappa shape index (κ2) is 6.13. The first-order chi connectivity index (χ1) is 5.16. The van der Waals surface area contributed by atoms with Crippen LogP contribution in [0.1, 0.15) is 39.0 Å². The van der Waals surface area contributed by atoms with Gasteiger partial charge < -0.3 is 5.11 Å². The van der Waals surface area contributed by atoms with E-state index in [1.807, 2.05) is 6.92 Å². The van der Waals surface area contributed by atoms with Crippen LogP contribution >= 0.6 is 0 Å². The summed E-state index contributed by atoms with van der Waals surface area (Å²) in [6.07, 6.45) is 1.72. The van der Waals surface area contributed by atoms with Gasteiger partial charge in [-0.25, -0.2) is 4.39 Å². The molecule has 0 amide bonds. The minimum absolute atomic E-state index is 0.344. The molecule has 66 valence electrons. The molecule has 0 saturated heterocycles. The smallest absolute Gasteiger partial charge is 0.306 e. The number of carbonyl (C=O) groups is 1. The maximum atomic E-state index is 12.6. The molecule has 1 unspecified atom stereocenters. The zero-order chi connectivity index (χ0) is 8.69. The lowest BCUT2D eigenvalue weighted by atomic mass is 10.1. The van der Waals surface area contributed by atoms with Crippen molar-refractivity contribution in [2.75, 3.05) is 0 Å². The highest BCUT2D eigenvalue weighted by atomic mass is 18.2. The summed E-state index contributed by atoms with van der Waals surface area (Å²) in [6, 6.07) is 0. The maximum absolute atomic E-state index is 12.6. The molecule has 0 aromatic rings. The molecule has 2 nitrogen and oxygen atoms in total. The van der Waals surface area contributed by atoms with E-state index in [-0.39, 0.29) is 6.42 Å². The van der Waals surface area contributed by atoms with E-state index in [4.69, 9.17) is 5.11 Å². The topological polar surface area (TPSA) is 37.3 Å². The molecule has 0 aliphatic heterocycles. The molecule has 0 heterocycles. The molecular formula is C8H15FO2. The molecule has 0 rings (SSSR count). The summed E-state index contributed by atoms with van der Waals surface area (Å²) >= 11 is 0. The molecule has 0 aromatic carbocycles. The zero-order valence-corrected chi connectivity index (χ0v) is 6.85. The number of unbranched alkanes of at least 4 members (excludes halogenated alkanes) is 2. The van der Waals surface area contributed by atoms with Crippen molar-refractivity contribution in [1.29, 1.82) is 0 Å². The number of alkyl halides is 1. The first-order valence-corrected chi connectivity index (χ1v) is 4.02. The molecule has 1 atom stereocenters. The van der Waals surface area contributed by atoms with Crippen LogP contribution in [0.5, 0.6) is 0 Å². The Bertz CT molecular complexity index is 115. The Morgan fingerprint density at radius 1 is 1.55 bits per heavy atom. The molecule has 0 fully saturated rings. The van der Waals surface area contributed by atoms with Gasteiger partial charge in [0.1, 0.15) is 6.17 Å². The van der Waals surface area contributed by atoms with Crippen LogP contribution in [0.2, 0.25) is 0 Å². The van der Waals surface area contributed by atoms with E-state index in [9.17, 15) is 9.18 Å². The highest BCUT2D eigenvalue weighted by Gasteiger charge is 2.09. The number of carboxylic acid groups (broad SMARTS) is 1. The SMILES string of the molecule is CCCCCC([18F])CC(=O)O. The zero-order valence-electron chi connectivity index (χ0n) is 6.85. The lowest BCUT2D eigenvalue weighted by Crippen LogP contribution is -2.07. The van der Waals surface area contributed by atoms with Gasteiger partial charge in [0.05, 0.1) is 6.42 Å². The van der Waals surface area contributed by atoms with E-state index in [0.29, 0.717) is 6.42 Å². The average Bonchev–Trinajstić information content (AvgIpc) is 1.86. The van der Waals surface area contributed by atoms with Crippen LogP contribution in [0.3, 0.4) is 0 Å². The van der Waals surface area contributed by atoms with Crippen molar-refractivity contribution in [3.63, 3.8) is 0 Å². The third kappa shape index (κ3) is 7.30. The van der Waals surface area contributed by atoms with E-state index in [0.717, 1.165) is 19.3 Å². The van der Waals surface area contributed by atoms with Gasteiger partial charge in [0.15, 0.2) is 0 Å². The lowest BCUT2D eigenvalue weighted by Gasteiger charge is -2.02. The third-order valence-corrected chi connectivity index (χ3v) is 1.52. The van der Waals surface area contributed by atoms with Gasteiger partial charge in [0, 0.05) is 0 Å². The van der Waals surface area contributed by atoms with Crippen LogP contribution in [0.4, 0.5) is 4.39 Å². The van der Waals surface area contributed by atoms with Crippen molar-refractivity contribution >= 4 is 5.97 Å². The Labute approximate surface area is 66.4 Å². The highest BCUT2D eigenvalue weighted by Crippen LogP contribution is 2.09. The van der Waals surface area contributed by atoms with Crippen LogP contribution in [0, 0.1) is 0 Å². The van der Waals surface area contributed by atoms with E-state index in [1.54, 1.807) is 0 Å². The third-order valence-electron chi connectivity index (χ3n) is 1.52. The quantitative estimate of drug-likeness (QED) is 0.607. The molecule has 0 saturated carbocycles. The van der Waals surface area contributed by atoms with Gasteiger partial charge in [0.25, 0.3) is 0 Å². The Kier molecular flexibility index (Phi) is 5.80. The Balaban J connectivity index is 3.22. The van der Waals surface area contributed by atoms with Gasteiger partial charge >= 0.3 is 5.97 Å². The average molecular weight is 161 g/mol. The van der Waals surface area contributed by atoms with Crippen molar-refractivity contribution in [2.45, 2.75) is 45.2 Å². The van der Waals surface area contributed by atoms with E-state index < -0.39 is 12.1 Å². The molecule has 0 aliphatic rings. The fourth-order valence-corrected chi connectivity index (χ4v) is 0.907. The number of rotatable bonds is 6. The summed E-state index contributed by atoms with van der Waals surface area (Å²) in [5.41, 5.74) is 0. The minimum atomic E-state index is -1.15. The second-order valence-corrected chi connectivity index (χ2v) is 2.69. The van der Waals surface area contributed by atoms with Crippen LogP contribution < -0.4 is 0 Å². The molecule has 11 heavy (non-hydrogen) atoms. The molecule has 0 spiro atoms. The number of aliphatic carboxylic acids is 1. The van der Waals surface area contributed by atoms with Crippen molar-refractivity contribution < 1.29 is 14.3 Å². The normalized spacial score (nSPS) is 12.9. The number of hydrogen-bond acceptors (Lipinski definition) is 1. The number of halogens is 1. The Hall–Kier alpha value is -0.600. The standard InChI is InChI=1S/C8H15FO2/c1-2-3-4-5-7(9)6-8(10)11/h7H,2-6H2,1H3,(H,10,11)/i9-1. The predicted octanol–water partition coefficient (Wildman–Crippen LogP) is 2.38. The van der Waals surface area contributed by atoms with Gasteiger partial charge in [0.2, 0.25) is 0 Å². The maximum Gasteiger partial charge on any atom is 0.306 e. The molecule has 0 aromatic heterocycles. The molecular weight excluding hydrogens is 146 g/mol. The minimum Gasteiger partial charge on any atom is -0.481 e. The van der Waals surface area contributed by atoms with E-state index in [2.05, 4.69) is 0 Å². The first-order valence-electron chi connectivity index (χ1n) is 4.02. The summed E-state index contributed by atoms with van der Waals surface area (Å²) in [5, 5.41) is 8.20. The van der Waals surface area contributed by atoms with Gasteiger partial charge in [-0.1, -0.05) is 26.2 Å². The van der Waals surface area contributed by atoms with Crippen molar-refractivity contribution in [3.05, 3.63) is 0 Å². The van der Waals surface area contributed by atoms with Crippen molar-refractivity contribution in [1.82, 2.24) is 0 Å². The van der Waals surface area contributed by atoms with Crippen LogP contribution in [0.15, 0.2) is 0 Å². The van der Waals surface area contributed by atoms with Gasteiger partial charge in [-0.05, 0) is 6.42 Å². The summed E-state index contributed by atoms with van der Waals surface area (Å²) in [4.78, 5) is 10.0.